The normalized spacial score (nSPS) is 23.9. The molecule has 0 spiro atoms. The van der Waals surface area contributed by atoms with Gasteiger partial charge in [0.2, 0.25) is 0 Å². The highest BCUT2D eigenvalue weighted by Crippen LogP contribution is 2.31. The third-order valence-corrected chi connectivity index (χ3v) is 5.75. The molecule has 4 nitrogen and oxygen atoms in total. The van der Waals surface area contributed by atoms with E-state index in [0.717, 1.165) is 43.7 Å². The zero-order valence-corrected chi connectivity index (χ0v) is 15.7. The molecule has 3 saturated heterocycles. The molecule has 27 heavy (non-hydrogen) atoms. The molecule has 3 aliphatic heterocycles. The Morgan fingerprint density at radius 2 is 1.93 bits per heavy atom. The first kappa shape index (κ1) is 18.3. The predicted molar refractivity (Wildman–Crippen MR) is 103 cm³/mol. The molecule has 3 heterocycles. The lowest BCUT2D eigenvalue weighted by Gasteiger charge is -2.44. The van der Waals surface area contributed by atoms with Crippen LogP contribution >= 0.6 is 11.6 Å². The van der Waals surface area contributed by atoms with Crippen LogP contribution in [-0.4, -0.2) is 36.7 Å². The molecule has 1 amide bonds. The molecule has 5 rings (SSSR count). The lowest BCUT2D eigenvalue weighted by atomic mass is 9.86. The van der Waals surface area contributed by atoms with Crippen molar-refractivity contribution in [2.24, 2.45) is 5.92 Å². The van der Waals surface area contributed by atoms with Crippen LogP contribution in [-0.2, 0) is 11.3 Å². The summed E-state index contributed by atoms with van der Waals surface area (Å²) in [6.07, 6.45) is 1.72. The van der Waals surface area contributed by atoms with Crippen LogP contribution in [0.1, 0.15) is 18.4 Å². The highest BCUT2D eigenvalue weighted by Gasteiger charge is 2.37. The predicted octanol–water partition coefficient (Wildman–Crippen LogP) is 4.72. The summed E-state index contributed by atoms with van der Waals surface area (Å²) in [6.45, 7) is 3.26. The van der Waals surface area contributed by atoms with Gasteiger partial charge in [0.1, 0.15) is 11.9 Å². The maximum atomic E-state index is 13.5. The van der Waals surface area contributed by atoms with Gasteiger partial charge in [-0.1, -0.05) is 35.9 Å². The summed E-state index contributed by atoms with van der Waals surface area (Å²) in [5, 5.41) is 0.0475. The fourth-order valence-corrected chi connectivity index (χ4v) is 4.13. The highest BCUT2D eigenvalue weighted by atomic mass is 35.5. The summed E-state index contributed by atoms with van der Waals surface area (Å²) in [4.78, 5) is 17.0. The molecule has 0 N–H and O–H groups in total. The van der Waals surface area contributed by atoms with Gasteiger partial charge in [-0.25, -0.2) is 9.18 Å². The first-order valence-corrected chi connectivity index (χ1v) is 9.67. The number of anilines is 1. The summed E-state index contributed by atoms with van der Waals surface area (Å²) < 4.78 is 19.4. The third kappa shape index (κ3) is 4.09. The molecule has 2 aromatic carbocycles. The van der Waals surface area contributed by atoms with Crippen molar-refractivity contribution in [3.05, 3.63) is 64.9 Å². The van der Waals surface area contributed by atoms with E-state index in [4.69, 9.17) is 16.3 Å². The Labute approximate surface area is 163 Å². The van der Waals surface area contributed by atoms with Gasteiger partial charge in [-0.15, -0.1) is 0 Å². The average Bonchev–Trinajstić information content (AvgIpc) is 2.70. The fourth-order valence-electron chi connectivity index (χ4n) is 3.93. The maximum Gasteiger partial charge on any atom is 0.414 e. The zero-order valence-electron chi connectivity index (χ0n) is 15.0. The van der Waals surface area contributed by atoms with Gasteiger partial charge in [0, 0.05) is 12.2 Å². The van der Waals surface area contributed by atoms with E-state index in [9.17, 15) is 9.18 Å². The Kier molecular flexibility index (Phi) is 5.32. The quantitative estimate of drug-likeness (QED) is 0.760. The second-order valence-electron chi connectivity index (χ2n) is 7.23. The molecule has 1 atom stereocenters. The van der Waals surface area contributed by atoms with Crippen LogP contribution in [0.15, 0.2) is 48.5 Å². The number of hydrogen-bond donors (Lipinski definition) is 0. The second-order valence-corrected chi connectivity index (χ2v) is 7.64. The minimum Gasteiger partial charge on any atom is -0.444 e. The molecule has 0 aliphatic carbocycles. The van der Waals surface area contributed by atoms with Crippen molar-refractivity contribution in [3.63, 3.8) is 0 Å². The van der Waals surface area contributed by atoms with Gasteiger partial charge in [-0.05, 0) is 61.7 Å². The number of ether oxygens (including phenoxy) is 1. The van der Waals surface area contributed by atoms with Crippen molar-refractivity contribution >= 4 is 23.4 Å². The van der Waals surface area contributed by atoms with Gasteiger partial charge in [0.25, 0.3) is 0 Å². The van der Waals surface area contributed by atoms with Crippen LogP contribution in [0.3, 0.4) is 0 Å². The first-order chi connectivity index (χ1) is 13.1. The Morgan fingerprint density at radius 3 is 2.56 bits per heavy atom. The van der Waals surface area contributed by atoms with E-state index in [0.29, 0.717) is 5.92 Å². The topological polar surface area (TPSA) is 32.8 Å². The number of benzene rings is 2. The van der Waals surface area contributed by atoms with Crippen molar-refractivity contribution in [2.45, 2.75) is 25.5 Å². The van der Waals surface area contributed by atoms with E-state index in [1.54, 1.807) is 17.0 Å². The number of para-hydroxylation sites is 1. The molecular formula is C21H22ClFN2O2. The van der Waals surface area contributed by atoms with Crippen LogP contribution in [0, 0.1) is 11.7 Å². The van der Waals surface area contributed by atoms with Crippen molar-refractivity contribution in [2.75, 3.05) is 24.5 Å². The monoisotopic (exact) mass is 388 g/mol. The number of amides is 1. The van der Waals surface area contributed by atoms with Crippen LogP contribution in [0.5, 0.6) is 0 Å². The van der Waals surface area contributed by atoms with Crippen LogP contribution in [0.25, 0.3) is 0 Å². The number of piperidine rings is 3. The number of rotatable bonds is 4. The summed E-state index contributed by atoms with van der Waals surface area (Å²) in [7, 11) is 0. The van der Waals surface area contributed by atoms with Gasteiger partial charge in [-0.3, -0.25) is 9.80 Å². The summed E-state index contributed by atoms with van der Waals surface area (Å²) >= 11 is 5.91. The van der Waals surface area contributed by atoms with Gasteiger partial charge in [0.05, 0.1) is 11.6 Å². The van der Waals surface area contributed by atoms with E-state index in [-0.39, 0.29) is 23.8 Å². The van der Waals surface area contributed by atoms with Gasteiger partial charge >= 0.3 is 6.09 Å². The van der Waals surface area contributed by atoms with Gasteiger partial charge < -0.3 is 4.74 Å². The first-order valence-electron chi connectivity index (χ1n) is 9.29. The molecule has 0 radical (unpaired) electrons. The summed E-state index contributed by atoms with van der Waals surface area (Å²) in [5.74, 6) is -0.0293. The largest absolute Gasteiger partial charge is 0.444 e. The second kappa shape index (κ2) is 7.87. The average molecular weight is 389 g/mol. The third-order valence-electron chi connectivity index (χ3n) is 5.46. The van der Waals surface area contributed by atoms with Crippen LogP contribution < -0.4 is 4.90 Å². The van der Waals surface area contributed by atoms with Crippen molar-refractivity contribution in [1.82, 2.24) is 4.90 Å². The van der Waals surface area contributed by atoms with Crippen molar-refractivity contribution in [1.29, 1.82) is 0 Å². The molecule has 0 unspecified atom stereocenters. The Balaban J connectivity index is 1.54. The minimum atomic E-state index is -0.471. The maximum absolute atomic E-state index is 13.5. The van der Waals surface area contributed by atoms with Crippen molar-refractivity contribution in [3.8, 4) is 0 Å². The van der Waals surface area contributed by atoms with E-state index >= 15 is 0 Å². The molecule has 2 bridgehead atoms. The van der Waals surface area contributed by atoms with Gasteiger partial charge in [0.15, 0.2) is 0 Å². The number of hydrogen-bond acceptors (Lipinski definition) is 3. The minimum absolute atomic E-state index is 0.0475. The van der Waals surface area contributed by atoms with E-state index in [1.807, 2.05) is 30.3 Å². The lowest BCUT2D eigenvalue weighted by molar-refractivity contribution is -0.0311. The number of carbonyl (C=O) groups is 1. The molecule has 142 valence electrons. The molecule has 3 fully saturated rings. The number of nitrogens with zero attached hydrogens (tertiary/aromatic N) is 2. The number of carbonyl (C=O) groups excluding carboxylic acids is 1. The Bertz CT molecular complexity index is 809. The smallest absolute Gasteiger partial charge is 0.414 e. The fraction of sp³-hybridized carbons (Fsp3) is 0.381. The molecule has 0 saturated carbocycles. The van der Waals surface area contributed by atoms with Crippen molar-refractivity contribution < 1.29 is 13.9 Å². The zero-order chi connectivity index (χ0) is 18.8. The number of fused-ring (bicyclic) bond motifs is 3. The van der Waals surface area contributed by atoms with E-state index < -0.39 is 5.82 Å². The SMILES string of the molecule is O=C(O[C@H]1CN2CCC1CC2)N(Cc1ccc(F)c(Cl)c1)c1ccccc1. The molecule has 2 aromatic rings. The lowest BCUT2D eigenvalue weighted by Crippen LogP contribution is -2.53. The molecule has 0 aromatic heterocycles. The van der Waals surface area contributed by atoms with E-state index in [2.05, 4.69) is 4.90 Å². The van der Waals surface area contributed by atoms with Crippen LogP contribution in [0.4, 0.5) is 14.9 Å². The Hall–Kier alpha value is -2.11. The Morgan fingerprint density at radius 1 is 1.19 bits per heavy atom. The standard InChI is InChI=1S/C21H22ClFN2O2/c22-18-12-15(6-7-19(18)23)13-25(17-4-2-1-3-5-17)21(26)27-20-14-24-10-8-16(20)9-11-24/h1-7,12,16,20H,8-11,13-14H2/t20-/m0/s1. The highest BCUT2D eigenvalue weighted by molar-refractivity contribution is 6.30. The molecule has 3 aliphatic rings. The molecular weight excluding hydrogens is 367 g/mol. The number of halogens is 2. The van der Waals surface area contributed by atoms with E-state index in [1.165, 1.54) is 6.07 Å². The van der Waals surface area contributed by atoms with Crippen LogP contribution in [0.2, 0.25) is 5.02 Å². The van der Waals surface area contributed by atoms with Gasteiger partial charge in [-0.2, -0.15) is 0 Å². The summed E-state index contributed by atoms with van der Waals surface area (Å²) in [5.41, 5.74) is 1.49. The molecule has 6 heteroatoms. The summed E-state index contributed by atoms with van der Waals surface area (Å²) in [6, 6.07) is 13.9.